The molecule has 0 aliphatic rings. The van der Waals surface area contributed by atoms with E-state index in [1.54, 1.807) is 13.2 Å². The highest BCUT2D eigenvalue weighted by molar-refractivity contribution is 5.74. The smallest absolute Gasteiger partial charge is 0.353 e. The van der Waals surface area contributed by atoms with Gasteiger partial charge in [-0.1, -0.05) is 12.1 Å². The van der Waals surface area contributed by atoms with Crippen molar-refractivity contribution in [2.45, 2.75) is 6.42 Å². The summed E-state index contributed by atoms with van der Waals surface area (Å²) in [5.74, 6) is -0.971. The van der Waals surface area contributed by atoms with Crippen LogP contribution in [0, 0.1) is 15.9 Å². The molecule has 128 valence electrons. The molecule has 0 bridgehead atoms. The van der Waals surface area contributed by atoms with Crippen molar-refractivity contribution < 1.29 is 14.1 Å². The molecule has 1 aromatic carbocycles. The van der Waals surface area contributed by atoms with E-state index in [9.17, 15) is 14.5 Å². The van der Waals surface area contributed by atoms with Gasteiger partial charge >= 0.3 is 5.69 Å². The number of rotatable bonds is 8. The number of nitrogens with two attached hydrogens (primary N) is 1. The first-order valence-electron chi connectivity index (χ1n) is 7.09. The molecule has 1 aromatic heterocycles. The molecular weight excluding hydrogens is 319 g/mol. The number of para-hydroxylation sites is 1. The van der Waals surface area contributed by atoms with Gasteiger partial charge in [0.05, 0.1) is 10.6 Å². The standard InChI is InChI=1S/C14H17FN6O3/c1-24-8-4-7-17-14-19-12(16)11(21(22)23)13(20-14)18-10-6-3-2-5-9(10)15/h2-3,5-6H,4,7-8H2,1H3,(H4,16,17,18,19,20). The molecule has 4 N–H and O–H groups in total. The predicted octanol–water partition coefficient (Wildman–Crippen LogP) is 2.30. The van der Waals surface area contributed by atoms with Crippen molar-refractivity contribution in [3.63, 3.8) is 0 Å². The molecule has 0 amide bonds. The molecule has 0 radical (unpaired) electrons. The summed E-state index contributed by atoms with van der Waals surface area (Å²) in [6, 6.07) is 5.75. The number of nitrogens with zero attached hydrogens (tertiary/aromatic N) is 3. The van der Waals surface area contributed by atoms with Crippen molar-refractivity contribution in [2.24, 2.45) is 0 Å². The van der Waals surface area contributed by atoms with Crippen LogP contribution in [-0.4, -0.2) is 35.2 Å². The summed E-state index contributed by atoms with van der Waals surface area (Å²) in [7, 11) is 1.58. The van der Waals surface area contributed by atoms with Crippen LogP contribution in [0.5, 0.6) is 0 Å². The highest BCUT2D eigenvalue weighted by Crippen LogP contribution is 2.31. The van der Waals surface area contributed by atoms with Gasteiger partial charge < -0.3 is 21.1 Å². The summed E-state index contributed by atoms with van der Waals surface area (Å²) >= 11 is 0. The minimum Gasteiger partial charge on any atom is -0.385 e. The summed E-state index contributed by atoms with van der Waals surface area (Å²) in [4.78, 5) is 18.4. The van der Waals surface area contributed by atoms with Crippen molar-refractivity contribution in [1.29, 1.82) is 0 Å². The Labute approximate surface area is 137 Å². The van der Waals surface area contributed by atoms with Gasteiger partial charge in [-0.3, -0.25) is 10.1 Å². The maximum absolute atomic E-state index is 13.8. The number of methoxy groups -OCH3 is 1. The molecule has 0 atom stereocenters. The van der Waals surface area contributed by atoms with E-state index in [1.165, 1.54) is 18.2 Å². The van der Waals surface area contributed by atoms with Gasteiger partial charge in [-0.15, -0.1) is 0 Å². The van der Waals surface area contributed by atoms with Gasteiger partial charge in [-0.05, 0) is 18.6 Å². The lowest BCUT2D eigenvalue weighted by Gasteiger charge is -2.11. The maximum Gasteiger partial charge on any atom is 0.353 e. The second kappa shape index (κ2) is 8.02. The third kappa shape index (κ3) is 4.26. The number of halogens is 1. The average Bonchev–Trinajstić information content (AvgIpc) is 2.53. The molecule has 9 nitrogen and oxygen atoms in total. The molecule has 2 rings (SSSR count). The first-order chi connectivity index (χ1) is 11.5. The van der Waals surface area contributed by atoms with Gasteiger partial charge in [0.1, 0.15) is 5.82 Å². The van der Waals surface area contributed by atoms with Crippen LogP contribution in [0.1, 0.15) is 6.42 Å². The monoisotopic (exact) mass is 336 g/mol. The fourth-order valence-electron chi connectivity index (χ4n) is 1.93. The fourth-order valence-corrected chi connectivity index (χ4v) is 1.93. The Bertz CT molecular complexity index is 728. The van der Waals surface area contributed by atoms with Crippen molar-refractivity contribution >= 4 is 29.0 Å². The molecule has 0 aliphatic heterocycles. The normalized spacial score (nSPS) is 10.4. The number of hydrogen-bond donors (Lipinski definition) is 3. The Hall–Kier alpha value is -3.01. The molecule has 0 aliphatic carbocycles. The average molecular weight is 336 g/mol. The second-order valence-electron chi connectivity index (χ2n) is 4.76. The van der Waals surface area contributed by atoms with Gasteiger partial charge in [0.15, 0.2) is 0 Å². The van der Waals surface area contributed by atoms with Crippen LogP contribution in [0.4, 0.5) is 33.3 Å². The Kier molecular flexibility index (Phi) is 5.79. The first-order valence-corrected chi connectivity index (χ1v) is 7.09. The number of anilines is 4. The van der Waals surface area contributed by atoms with Crippen LogP contribution < -0.4 is 16.4 Å². The van der Waals surface area contributed by atoms with Crippen molar-refractivity contribution in [2.75, 3.05) is 36.6 Å². The SMILES string of the molecule is COCCCNc1nc(N)c([N+](=O)[O-])c(Nc2ccccc2F)n1. The van der Waals surface area contributed by atoms with Crippen LogP contribution in [0.2, 0.25) is 0 Å². The van der Waals surface area contributed by atoms with Gasteiger partial charge in [-0.2, -0.15) is 9.97 Å². The lowest BCUT2D eigenvalue weighted by Crippen LogP contribution is -2.12. The number of nitrogen functional groups attached to an aromatic ring is 1. The van der Waals surface area contributed by atoms with Crippen molar-refractivity contribution in [3.05, 3.63) is 40.2 Å². The number of hydrogen-bond acceptors (Lipinski definition) is 8. The minimum atomic E-state index is -0.715. The number of nitro groups is 1. The molecular formula is C14H17FN6O3. The third-order valence-electron chi connectivity index (χ3n) is 3.03. The number of nitrogens with one attached hydrogen (secondary N) is 2. The van der Waals surface area contributed by atoms with Crippen molar-refractivity contribution in [1.82, 2.24) is 9.97 Å². The Morgan fingerprint density at radius 2 is 2.12 bits per heavy atom. The second-order valence-corrected chi connectivity index (χ2v) is 4.76. The van der Waals surface area contributed by atoms with Crippen molar-refractivity contribution in [3.8, 4) is 0 Å². The van der Waals surface area contributed by atoms with E-state index in [-0.39, 0.29) is 23.3 Å². The Balaban J connectivity index is 2.30. The lowest BCUT2D eigenvalue weighted by atomic mass is 10.3. The number of aromatic nitrogens is 2. The molecule has 0 unspecified atom stereocenters. The maximum atomic E-state index is 13.8. The predicted molar refractivity (Wildman–Crippen MR) is 87.8 cm³/mol. The van der Waals surface area contributed by atoms with E-state index in [0.717, 1.165) is 0 Å². The van der Waals surface area contributed by atoms with E-state index in [2.05, 4.69) is 20.6 Å². The third-order valence-corrected chi connectivity index (χ3v) is 3.03. The van der Waals surface area contributed by atoms with Crippen LogP contribution >= 0.6 is 0 Å². The molecule has 0 saturated heterocycles. The summed E-state index contributed by atoms with van der Waals surface area (Å²) in [5, 5.41) is 16.7. The molecule has 0 spiro atoms. The van der Waals surface area contributed by atoms with Crippen LogP contribution in [0.3, 0.4) is 0 Å². The number of ether oxygens (including phenoxy) is 1. The summed E-state index contributed by atoms with van der Waals surface area (Å²) in [6.45, 7) is 1.03. The van der Waals surface area contributed by atoms with E-state index >= 15 is 0 Å². The Morgan fingerprint density at radius 1 is 1.38 bits per heavy atom. The zero-order valence-corrected chi connectivity index (χ0v) is 13.0. The summed E-state index contributed by atoms with van der Waals surface area (Å²) in [6.07, 6.45) is 0.687. The van der Waals surface area contributed by atoms with Gasteiger partial charge in [0.25, 0.3) is 0 Å². The quantitative estimate of drug-likeness (QED) is 0.380. The minimum absolute atomic E-state index is 0.0454. The zero-order chi connectivity index (χ0) is 17.5. The topological polar surface area (TPSA) is 128 Å². The van der Waals surface area contributed by atoms with Gasteiger partial charge in [0.2, 0.25) is 17.6 Å². The fraction of sp³-hybridized carbons (Fsp3) is 0.286. The largest absolute Gasteiger partial charge is 0.385 e. The van der Waals surface area contributed by atoms with E-state index in [0.29, 0.717) is 19.6 Å². The van der Waals surface area contributed by atoms with E-state index < -0.39 is 16.4 Å². The lowest BCUT2D eigenvalue weighted by molar-refractivity contribution is -0.383. The van der Waals surface area contributed by atoms with E-state index in [1.807, 2.05) is 0 Å². The van der Waals surface area contributed by atoms with Crippen LogP contribution in [-0.2, 0) is 4.74 Å². The molecule has 0 fully saturated rings. The van der Waals surface area contributed by atoms with Gasteiger partial charge in [0, 0.05) is 20.3 Å². The molecule has 0 saturated carbocycles. The number of benzene rings is 1. The molecule has 24 heavy (non-hydrogen) atoms. The van der Waals surface area contributed by atoms with Crippen LogP contribution in [0.25, 0.3) is 0 Å². The summed E-state index contributed by atoms with van der Waals surface area (Å²) in [5.41, 5.74) is 5.19. The molecule has 2 aromatic rings. The zero-order valence-electron chi connectivity index (χ0n) is 13.0. The molecule has 10 heteroatoms. The highest BCUT2D eigenvalue weighted by Gasteiger charge is 2.23. The first kappa shape index (κ1) is 17.3. The van der Waals surface area contributed by atoms with Gasteiger partial charge in [-0.25, -0.2) is 4.39 Å². The highest BCUT2D eigenvalue weighted by atomic mass is 19.1. The molecule has 1 heterocycles. The Morgan fingerprint density at radius 3 is 2.79 bits per heavy atom. The van der Waals surface area contributed by atoms with E-state index in [4.69, 9.17) is 10.5 Å². The summed E-state index contributed by atoms with van der Waals surface area (Å²) < 4.78 is 18.7. The van der Waals surface area contributed by atoms with Crippen LogP contribution in [0.15, 0.2) is 24.3 Å².